The molecule has 1 unspecified atom stereocenters. The maximum atomic E-state index is 13.4. The first-order chi connectivity index (χ1) is 32.5. The monoisotopic (exact) mass is 965 g/mol. The number of likely N-dealkylation sites (tertiary alicyclic amines) is 2. The number of ether oxygens (including phenoxy) is 1. The highest BCUT2D eigenvalue weighted by atomic mass is 35.5. The average molecular weight is 967 g/mol. The molecule has 0 aliphatic carbocycles. The van der Waals surface area contributed by atoms with E-state index in [1.165, 1.54) is 11.8 Å². The molecule has 0 spiro atoms. The number of nitrogens with one attached hydrogen (secondary N) is 3. The Morgan fingerprint density at radius 1 is 0.853 bits per heavy atom. The van der Waals surface area contributed by atoms with Gasteiger partial charge in [-0.2, -0.15) is 4.98 Å². The molecule has 0 saturated carbocycles. The summed E-state index contributed by atoms with van der Waals surface area (Å²) in [5.74, 6) is 0.226. The minimum Gasteiger partial charge on any atom is -0.489 e. The van der Waals surface area contributed by atoms with Crippen LogP contribution in [0.15, 0.2) is 65.7 Å². The Morgan fingerprint density at radius 3 is 2.28 bits per heavy atom. The third-order valence-corrected chi connectivity index (χ3v) is 16.6. The van der Waals surface area contributed by atoms with E-state index in [1.807, 2.05) is 19.9 Å². The molecule has 18 heteroatoms. The number of fused-ring (bicyclic) bond motifs is 1. The molecule has 4 fully saturated rings. The lowest BCUT2D eigenvalue weighted by molar-refractivity contribution is -0.136. The molecule has 9 rings (SSSR count). The number of benzene rings is 3. The number of halogens is 1. The third kappa shape index (κ3) is 9.67. The number of para-hydroxylation sites is 1. The van der Waals surface area contributed by atoms with Crippen LogP contribution in [0.5, 0.6) is 5.75 Å². The van der Waals surface area contributed by atoms with Crippen molar-refractivity contribution in [3.05, 3.63) is 88.1 Å². The summed E-state index contributed by atoms with van der Waals surface area (Å²) in [6.45, 7) is 16.5. The number of hydrogen-bond acceptors (Lipinski definition) is 14. The fraction of sp³-hybridized carbons (Fsp3) is 0.480. The fourth-order valence-corrected chi connectivity index (χ4v) is 11.7. The van der Waals surface area contributed by atoms with Gasteiger partial charge in [0.2, 0.25) is 17.8 Å². The Hall–Kier alpha value is -5.62. The van der Waals surface area contributed by atoms with E-state index in [2.05, 4.69) is 59.7 Å². The van der Waals surface area contributed by atoms with Gasteiger partial charge in [0.15, 0.2) is 15.7 Å². The highest BCUT2D eigenvalue weighted by molar-refractivity contribution is 7.92. The zero-order chi connectivity index (χ0) is 48.0. The van der Waals surface area contributed by atoms with Crippen molar-refractivity contribution >= 4 is 73.9 Å². The lowest BCUT2D eigenvalue weighted by atomic mass is 9.85. The normalized spacial score (nSPS) is 20.3. The summed E-state index contributed by atoms with van der Waals surface area (Å²) in [6.07, 6.45) is 6.06. The average Bonchev–Trinajstić information content (AvgIpc) is 3.54. The number of piperidine rings is 3. The van der Waals surface area contributed by atoms with E-state index in [0.29, 0.717) is 40.4 Å². The van der Waals surface area contributed by atoms with E-state index in [-0.39, 0.29) is 40.6 Å². The predicted octanol–water partition coefficient (Wildman–Crippen LogP) is 7.08. The van der Waals surface area contributed by atoms with Gasteiger partial charge in [-0.15, -0.1) is 0 Å². The number of aryl methyl sites for hydroxylation is 1. The lowest BCUT2D eigenvalue weighted by Crippen LogP contribution is -2.54. The molecular formula is C50H60ClN9O7S. The maximum Gasteiger partial charge on any atom is 0.262 e. The summed E-state index contributed by atoms with van der Waals surface area (Å²) in [4.78, 5) is 68.5. The second-order valence-corrected chi connectivity index (χ2v) is 22.3. The molecule has 4 amide bonds. The summed E-state index contributed by atoms with van der Waals surface area (Å²) in [6, 6.07) is 15.9. The van der Waals surface area contributed by atoms with E-state index < -0.39 is 44.8 Å². The summed E-state index contributed by atoms with van der Waals surface area (Å²) in [5.41, 5.74) is 5.07. The molecule has 3 N–H and O–H groups in total. The molecule has 68 heavy (non-hydrogen) atoms. The van der Waals surface area contributed by atoms with Crippen LogP contribution < -0.4 is 25.6 Å². The molecule has 360 valence electrons. The van der Waals surface area contributed by atoms with Crippen molar-refractivity contribution in [2.45, 2.75) is 107 Å². The van der Waals surface area contributed by atoms with Gasteiger partial charge in [0.25, 0.3) is 11.8 Å². The van der Waals surface area contributed by atoms with Gasteiger partial charge in [-0.25, -0.2) is 13.4 Å². The number of hydrogen-bond donors (Lipinski definition) is 3. The van der Waals surface area contributed by atoms with Crippen molar-refractivity contribution < 1.29 is 32.3 Å². The summed E-state index contributed by atoms with van der Waals surface area (Å²) in [7, 11) is -3.58. The van der Waals surface area contributed by atoms with Crippen molar-refractivity contribution in [3.8, 4) is 5.75 Å². The summed E-state index contributed by atoms with van der Waals surface area (Å²) >= 11 is 6.54. The van der Waals surface area contributed by atoms with Crippen LogP contribution in [0.1, 0.15) is 104 Å². The first kappa shape index (κ1) is 47.4. The Balaban J connectivity index is 0.764. The van der Waals surface area contributed by atoms with Crippen molar-refractivity contribution in [1.82, 2.24) is 30.0 Å². The van der Waals surface area contributed by atoms with Gasteiger partial charge in [0.1, 0.15) is 16.8 Å². The van der Waals surface area contributed by atoms with Crippen LogP contribution in [0.3, 0.4) is 0 Å². The van der Waals surface area contributed by atoms with E-state index in [1.54, 1.807) is 50.2 Å². The molecule has 5 aliphatic heterocycles. The number of sulfone groups is 1. The zero-order valence-corrected chi connectivity index (χ0v) is 40.8. The number of carbonyl (C=O) groups excluding carboxylic acids is 4. The quantitative estimate of drug-likeness (QED) is 0.109. The van der Waals surface area contributed by atoms with Crippen molar-refractivity contribution in [3.63, 3.8) is 0 Å². The van der Waals surface area contributed by atoms with Crippen molar-refractivity contribution in [1.29, 1.82) is 0 Å². The van der Waals surface area contributed by atoms with Gasteiger partial charge in [0.05, 0.1) is 44.9 Å². The summed E-state index contributed by atoms with van der Waals surface area (Å²) in [5, 5.41) is 8.38. The molecule has 0 radical (unpaired) electrons. The number of anilines is 5. The van der Waals surface area contributed by atoms with Crippen LogP contribution in [0.25, 0.3) is 0 Å². The van der Waals surface area contributed by atoms with E-state index >= 15 is 0 Å². The van der Waals surface area contributed by atoms with Crippen LogP contribution in [-0.2, 0) is 19.4 Å². The van der Waals surface area contributed by atoms with Gasteiger partial charge in [-0.3, -0.25) is 29.4 Å². The molecule has 4 saturated heterocycles. The van der Waals surface area contributed by atoms with Gasteiger partial charge >= 0.3 is 0 Å². The first-order valence-electron chi connectivity index (χ1n) is 23.8. The van der Waals surface area contributed by atoms with Gasteiger partial charge in [-0.1, -0.05) is 23.7 Å². The Morgan fingerprint density at radius 2 is 1.57 bits per heavy atom. The molecule has 1 atom stereocenters. The number of carbonyl (C=O) groups is 4. The van der Waals surface area contributed by atoms with Gasteiger partial charge < -0.3 is 30.1 Å². The number of amides is 4. The fourth-order valence-electron chi connectivity index (χ4n) is 10.4. The molecule has 5 aliphatic rings. The topological polar surface area (TPSA) is 186 Å². The standard InChI is InChI=1S/C50H60ClN9O7S/c1-29(2)67-43-24-37(31(5)22-41(43)54-50-52-25-39(51)46(56-50)53-40-8-6-7-9-44(40)68(65,66)30(3)4)33-14-20-58(21-15-33)34-16-18-57(19-17-34)26-32-27-59(28-32)35-10-11-36-38(23-35)49(64)60(48(36)63)42-12-13-45(61)55-47(42)62/h6-11,22-25,29-30,32-34,42H,12-21,26-28H2,1-5H3,(H,55,61,62)(H2,52,53,54,56). The second-order valence-electron chi connectivity index (χ2n) is 19.4. The Kier molecular flexibility index (Phi) is 13.5. The molecule has 1 aromatic heterocycles. The SMILES string of the molecule is Cc1cc(Nc2ncc(Cl)c(Nc3ccccc3S(=O)(=O)C(C)C)n2)c(OC(C)C)cc1C1CCN(C2CCN(CC3CN(c4ccc5c(c4)C(=O)N(C4CCC(=O)NC4=O)C5=O)C3)CC2)CC1. The molecule has 3 aromatic carbocycles. The van der Waals surface area contributed by atoms with Crippen LogP contribution in [-0.4, -0.2) is 126 Å². The number of nitrogens with zero attached hydrogens (tertiary/aromatic N) is 6. The Labute approximate surface area is 403 Å². The van der Waals surface area contributed by atoms with Crippen LogP contribution in [0, 0.1) is 12.8 Å². The highest BCUT2D eigenvalue weighted by Crippen LogP contribution is 2.40. The number of rotatable bonds is 14. The molecule has 6 heterocycles. The van der Waals surface area contributed by atoms with Crippen LogP contribution in [0.4, 0.5) is 28.8 Å². The minimum absolute atomic E-state index is 0.0730. The largest absolute Gasteiger partial charge is 0.489 e. The smallest absolute Gasteiger partial charge is 0.262 e. The minimum atomic E-state index is -3.58. The Bertz CT molecular complexity index is 2730. The maximum absolute atomic E-state index is 13.4. The van der Waals surface area contributed by atoms with E-state index in [4.69, 9.17) is 16.3 Å². The molecule has 4 aromatic rings. The van der Waals surface area contributed by atoms with Crippen molar-refractivity contribution in [2.24, 2.45) is 5.92 Å². The van der Waals surface area contributed by atoms with E-state index in [9.17, 15) is 27.6 Å². The number of aromatic nitrogens is 2. The highest BCUT2D eigenvalue weighted by Gasteiger charge is 2.45. The predicted molar refractivity (Wildman–Crippen MR) is 261 cm³/mol. The van der Waals surface area contributed by atoms with Gasteiger partial charge in [0, 0.05) is 43.7 Å². The molecular weight excluding hydrogens is 906 g/mol. The van der Waals surface area contributed by atoms with Crippen LogP contribution in [0.2, 0.25) is 5.02 Å². The van der Waals surface area contributed by atoms with Crippen molar-refractivity contribution in [2.75, 3.05) is 61.3 Å². The lowest BCUT2D eigenvalue weighted by Gasteiger charge is -2.46. The van der Waals surface area contributed by atoms with Crippen LogP contribution >= 0.6 is 11.6 Å². The van der Waals surface area contributed by atoms with Gasteiger partial charge in [-0.05, 0) is 152 Å². The second kappa shape index (κ2) is 19.4. The number of imide groups is 2. The zero-order valence-electron chi connectivity index (χ0n) is 39.3. The first-order valence-corrected chi connectivity index (χ1v) is 25.7. The summed E-state index contributed by atoms with van der Waals surface area (Å²) < 4.78 is 32.6. The molecule has 16 nitrogen and oxygen atoms in total. The third-order valence-electron chi connectivity index (χ3n) is 14.1. The molecule has 0 bridgehead atoms. The van der Waals surface area contributed by atoms with E-state index in [0.717, 1.165) is 93.3 Å².